The summed E-state index contributed by atoms with van der Waals surface area (Å²) in [5, 5.41) is 11.0. The SMILES string of the molecule is COc1ccc([C@@H](O)[C@H](C[NH+]2CCOCC2)c2ccccc2)cc1F. The fourth-order valence-corrected chi connectivity index (χ4v) is 3.39. The number of quaternary nitrogens is 1. The molecule has 1 fully saturated rings. The van der Waals surface area contributed by atoms with E-state index in [1.54, 1.807) is 12.1 Å². The highest BCUT2D eigenvalue weighted by molar-refractivity contribution is 5.33. The predicted octanol–water partition coefficient (Wildman–Crippen LogP) is 1.57. The first-order valence-corrected chi connectivity index (χ1v) is 8.67. The van der Waals surface area contributed by atoms with Gasteiger partial charge >= 0.3 is 0 Å². The van der Waals surface area contributed by atoms with E-state index in [0.717, 1.165) is 38.4 Å². The van der Waals surface area contributed by atoms with Crippen LogP contribution in [0.25, 0.3) is 0 Å². The molecule has 0 unspecified atom stereocenters. The van der Waals surface area contributed by atoms with Gasteiger partial charge < -0.3 is 19.5 Å². The number of aliphatic hydroxyl groups is 1. The minimum absolute atomic E-state index is 0.109. The van der Waals surface area contributed by atoms with E-state index in [-0.39, 0.29) is 11.7 Å². The number of halogens is 1. The third-order valence-corrected chi connectivity index (χ3v) is 4.83. The molecule has 25 heavy (non-hydrogen) atoms. The van der Waals surface area contributed by atoms with Crippen molar-refractivity contribution in [1.29, 1.82) is 0 Å². The number of benzene rings is 2. The number of ether oxygens (including phenoxy) is 2. The highest BCUT2D eigenvalue weighted by atomic mass is 19.1. The van der Waals surface area contributed by atoms with Crippen LogP contribution in [0.3, 0.4) is 0 Å². The van der Waals surface area contributed by atoms with Gasteiger partial charge in [0.2, 0.25) is 0 Å². The molecular formula is C20H25FNO3+. The number of morpholine rings is 1. The molecule has 134 valence electrons. The standard InChI is InChI=1S/C20H24FNO3/c1-24-19-8-7-16(13-18(19)21)20(23)17(15-5-3-2-4-6-15)14-22-9-11-25-12-10-22/h2-8,13,17,20,23H,9-12,14H2,1H3/p+1/t17-,20-/m1/s1. The van der Waals surface area contributed by atoms with Crippen LogP contribution in [0.5, 0.6) is 5.75 Å². The molecule has 0 amide bonds. The van der Waals surface area contributed by atoms with Crippen molar-refractivity contribution >= 4 is 0 Å². The van der Waals surface area contributed by atoms with E-state index in [2.05, 4.69) is 0 Å². The molecule has 4 nitrogen and oxygen atoms in total. The van der Waals surface area contributed by atoms with Gasteiger partial charge in [-0.2, -0.15) is 0 Å². The summed E-state index contributed by atoms with van der Waals surface area (Å²) in [5.41, 5.74) is 1.63. The van der Waals surface area contributed by atoms with Gasteiger partial charge in [0.25, 0.3) is 0 Å². The fourth-order valence-electron chi connectivity index (χ4n) is 3.39. The molecule has 1 heterocycles. The maximum Gasteiger partial charge on any atom is 0.165 e. The van der Waals surface area contributed by atoms with Crippen LogP contribution in [0.1, 0.15) is 23.1 Å². The summed E-state index contributed by atoms with van der Waals surface area (Å²) < 4.78 is 24.5. The van der Waals surface area contributed by atoms with Crippen molar-refractivity contribution in [2.24, 2.45) is 0 Å². The molecule has 2 N–H and O–H groups in total. The normalized spacial score (nSPS) is 17.9. The summed E-state index contributed by atoms with van der Waals surface area (Å²) >= 11 is 0. The summed E-state index contributed by atoms with van der Waals surface area (Å²) in [6.45, 7) is 4.11. The molecule has 0 aliphatic carbocycles. The molecule has 0 spiro atoms. The molecule has 2 atom stereocenters. The average molecular weight is 346 g/mol. The van der Waals surface area contributed by atoms with Crippen LogP contribution in [-0.2, 0) is 4.74 Å². The van der Waals surface area contributed by atoms with Crippen LogP contribution in [0.2, 0.25) is 0 Å². The zero-order valence-electron chi connectivity index (χ0n) is 14.5. The quantitative estimate of drug-likeness (QED) is 0.834. The van der Waals surface area contributed by atoms with Crippen LogP contribution < -0.4 is 9.64 Å². The summed E-state index contributed by atoms with van der Waals surface area (Å²) in [6.07, 6.45) is -0.779. The molecule has 0 saturated carbocycles. The third-order valence-electron chi connectivity index (χ3n) is 4.83. The van der Waals surface area contributed by atoms with Crippen molar-refractivity contribution in [3.8, 4) is 5.75 Å². The Morgan fingerprint density at radius 3 is 2.48 bits per heavy atom. The Labute approximate surface area is 147 Å². The second-order valence-corrected chi connectivity index (χ2v) is 6.42. The first-order chi connectivity index (χ1) is 12.2. The Morgan fingerprint density at radius 2 is 1.84 bits per heavy atom. The van der Waals surface area contributed by atoms with Crippen molar-refractivity contribution in [3.63, 3.8) is 0 Å². The van der Waals surface area contributed by atoms with Crippen molar-refractivity contribution < 1.29 is 23.9 Å². The van der Waals surface area contributed by atoms with Crippen molar-refractivity contribution in [3.05, 3.63) is 65.5 Å². The van der Waals surface area contributed by atoms with Gasteiger partial charge in [-0.25, -0.2) is 4.39 Å². The molecule has 1 aliphatic rings. The average Bonchev–Trinajstić information content (AvgIpc) is 2.67. The number of nitrogens with one attached hydrogen (secondary N) is 1. The van der Waals surface area contributed by atoms with Gasteiger partial charge in [-0.3, -0.25) is 0 Å². The Balaban J connectivity index is 1.86. The smallest absolute Gasteiger partial charge is 0.165 e. The topological polar surface area (TPSA) is 43.1 Å². The first-order valence-electron chi connectivity index (χ1n) is 8.67. The van der Waals surface area contributed by atoms with Crippen molar-refractivity contribution in [1.82, 2.24) is 0 Å². The van der Waals surface area contributed by atoms with Gasteiger partial charge in [0.15, 0.2) is 11.6 Å². The number of aliphatic hydroxyl groups excluding tert-OH is 1. The molecule has 3 rings (SSSR count). The zero-order valence-corrected chi connectivity index (χ0v) is 14.5. The van der Waals surface area contributed by atoms with Gasteiger partial charge in [0.05, 0.1) is 38.9 Å². The number of hydrogen-bond acceptors (Lipinski definition) is 3. The van der Waals surface area contributed by atoms with Crippen LogP contribution >= 0.6 is 0 Å². The molecule has 2 aromatic rings. The molecule has 1 aliphatic heterocycles. The first kappa shape index (κ1) is 17.9. The Hall–Kier alpha value is -1.95. The monoisotopic (exact) mass is 346 g/mol. The number of rotatable bonds is 6. The van der Waals surface area contributed by atoms with Gasteiger partial charge in [0, 0.05) is 0 Å². The van der Waals surface area contributed by atoms with E-state index in [1.807, 2.05) is 30.3 Å². The maximum absolute atomic E-state index is 14.1. The molecule has 0 radical (unpaired) electrons. The van der Waals surface area contributed by atoms with E-state index >= 15 is 0 Å². The Morgan fingerprint density at radius 1 is 1.12 bits per heavy atom. The Kier molecular flexibility index (Phi) is 6.02. The second-order valence-electron chi connectivity index (χ2n) is 6.42. The fraction of sp³-hybridized carbons (Fsp3) is 0.400. The van der Waals surface area contributed by atoms with E-state index < -0.39 is 11.9 Å². The lowest BCUT2D eigenvalue weighted by Crippen LogP contribution is -3.14. The minimum atomic E-state index is -0.779. The van der Waals surface area contributed by atoms with E-state index in [0.29, 0.717) is 5.56 Å². The second kappa shape index (κ2) is 8.43. The minimum Gasteiger partial charge on any atom is -0.494 e. The van der Waals surface area contributed by atoms with Crippen LogP contribution in [0.15, 0.2) is 48.5 Å². The number of hydrogen-bond donors (Lipinski definition) is 2. The van der Waals surface area contributed by atoms with Gasteiger partial charge in [0.1, 0.15) is 13.1 Å². The molecular weight excluding hydrogens is 321 g/mol. The molecule has 1 saturated heterocycles. The van der Waals surface area contributed by atoms with Gasteiger partial charge in [-0.15, -0.1) is 0 Å². The molecule has 0 aromatic heterocycles. The summed E-state index contributed by atoms with van der Waals surface area (Å²) in [5.74, 6) is -0.377. The lowest BCUT2D eigenvalue weighted by Gasteiger charge is -2.30. The van der Waals surface area contributed by atoms with Crippen LogP contribution in [-0.4, -0.2) is 45.1 Å². The molecule has 0 bridgehead atoms. The summed E-state index contributed by atoms with van der Waals surface area (Å²) in [7, 11) is 1.43. The predicted molar refractivity (Wildman–Crippen MR) is 93.5 cm³/mol. The summed E-state index contributed by atoms with van der Waals surface area (Å²) in [6, 6.07) is 14.6. The Bertz CT molecular complexity index is 674. The highest BCUT2D eigenvalue weighted by Crippen LogP contribution is 2.32. The lowest BCUT2D eigenvalue weighted by molar-refractivity contribution is -0.909. The van der Waals surface area contributed by atoms with Crippen molar-refractivity contribution in [2.45, 2.75) is 12.0 Å². The summed E-state index contributed by atoms with van der Waals surface area (Å²) in [4.78, 5) is 1.40. The van der Waals surface area contributed by atoms with Crippen LogP contribution in [0, 0.1) is 5.82 Å². The van der Waals surface area contributed by atoms with E-state index in [1.165, 1.54) is 18.1 Å². The largest absolute Gasteiger partial charge is 0.494 e. The van der Waals surface area contributed by atoms with Gasteiger partial charge in [-0.05, 0) is 23.3 Å². The lowest BCUT2D eigenvalue weighted by atomic mass is 9.88. The van der Waals surface area contributed by atoms with Gasteiger partial charge in [-0.1, -0.05) is 36.4 Å². The maximum atomic E-state index is 14.1. The molecule has 2 aromatic carbocycles. The van der Waals surface area contributed by atoms with E-state index in [9.17, 15) is 9.50 Å². The van der Waals surface area contributed by atoms with Crippen LogP contribution in [0.4, 0.5) is 4.39 Å². The van der Waals surface area contributed by atoms with E-state index in [4.69, 9.17) is 9.47 Å². The number of methoxy groups -OCH3 is 1. The van der Waals surface area contributed by atoms with Crippen molar-refractivity contribution in [2.75, 3.05) is 40.0 Å². The highest BCUT2D eigenvalue weighted by Gasteiger charge is 2.29. The zero-order chi connectivity index (χ0) is 17.6. The third kappa shape index (κ3) is 4.37. The molecule has 5 heteroatoms.